The third kappa shape index (κ3) is 7.32. The highest BCUT2D eigenvalue weighted by Crippen LogP contribution is 2.35. The number of hydrogen-bond acceptors (Lipinski definition) is 6. The van der Waals surface area contributed by atoms with E-state index < -0.39 is 17.8 Å². The largest absolute Gasteiger partial charge is 0.439 e. The van der Waals surface area contributed by atoms with Crippen molar-refractivity contribution in [2.45, 2.75) is 32.0 Å². The number of nitrogens with one attached hydrogen (secondary N) is 2. The van der Waals surface area contributed by atoms with Gasteiger partial charge >= 0.3 is 12.2 Å². The van der Waals surface area contributed by atoms with E-state index in [-0.39, 0.29) is 29.5 Å². The molecule has 0 spiro atoms. The summed E-state index contributed by atoms with van der Waals surface area (Å²) in [6.07, 6.45) is -0.303. The fourth-order valence-electron chi connectivity index (χ4n) is 3.92. The molecule has 0 atom stereocenters. The Morgan fingerprint density at radius 2 is 1.73 bits per heavy atom. The summed E-state index contributed by atoms with van der Waals surface area (Å²) >= 11 is 0. The molecule has 2 N–H and O–H groups in total. The number of piperidine rings is 1. The van der Waals surface area contributed by atoms with Crippen molar-refractivity contribution in [3.63, 3.8) is 0 Å². The number of alkyl halides is 3. The molecule has 13 heteroatoms. The summed E-state index contributed by atoms with van der Waals surface area (Å²) in [5.41, 5.74) is 8.33. The van der Waals surface area contributed by atoms with Crippen molar-refractivity contribution in [1.29, 1.82) is 0 Å². The first kappa shape index (κ1) is 25.7. The van der Waals surface area contributed by atoms with E-state index in [1.54, 1.807) is 24.3 Å². The summed E-state index contributed by atoms with van der Waals surface area (Å²) in [5.74, 6) is 0.631. The number of aromatic nitrogens is 2. The van der Waals surface area contributed by atoms with Crippen molar-refractivity contribution >= 4 is 23.2 Å². The van der Waals surface area contributed by atoms with Crippen molar-refractivity contribution in [3.05, 3.63) is 76.4 Å². The number of carbonyl (C=O) groups excluding carboxylic acids is 1. The molecule has 2 heterocycles. The number of rotatable bonds is 7. The van der Waals surface area contributed by atoms with Gasteiger partial charge in [-0.05, 0) is 78.5 Å². The Balaban J connectivity index is 1.38. The molecule has 0 unspecified atom stereocenters. The first-order valence-corrected chi connectivity index (χ1v) is 11.5. The molecule has 1 saturated heterocycles. The molecular formula is C24H23F3N8O2. The molecule has 2 aromatic carbocycles. The standard InChI is InChI=1S/C24H23F3N8O2/c25-24(26,27)20-12-18(5-4-16(20)14-35-10-2-1-3-11-35)32-23(36)31-17-6-8-19(9-7-17)37-22-13-21(33-34-28)29-15-30-22/h4-9,12-13,15H,1-3,10-11,14H2,(H2,31,32,36). The molecule has 1 aromatic heterocycles. The van der Waals surface area contributed by atoms with Gasteiger partial charge in [-0.3, -0.25) is 4.90 Å². The molecule has 0 radical (unpaired) electrons. The SMILES string of the molecule is [N-]=[N+]=Nc1cc(Oc2ccc(NC(=O)Nc3ccc(CN4CCCCC4)c(C(F)(F)F)c3)cc2)ncn1. The van der Waals surface area contributed by atoms with Gasteiger partial charge in [0.25, 0.3) is 0 Å². The molecule has 192 valence electrons. The van der Waals surface area contributed by atoms with Crippen LogP contribution in [-0.2, 0) is 12.7 Å². The zero-order valence-corrected chi connectivity index (χ0v) is 19.6. The summed E-state index contributed by atoms with van der Waals surface area (Å²) in [6, 6.07) is 10.7. The fraction of sp³-hybridized carbons (Fsp3) is 0.292. The highest BCUT2D eigenvalue weighted by molar-refractivity contribution is 5.99. The maximum absolute atomic E-state index is 13.7. The van der Waals surface area contributed by atoms with Crippen LogP contribution in [-0.4, -0.2) is 34.0 Å². The second-order valence-corrected chi connectivity index (χ2v) is 8.32. The van der Waals surface area contributed by atoms with Crippen LogP contribution >= 0.6 is 0 Å². The number of azide groups is 1. The Labute approximate surface area is 210 Å². The van der Waals surface area contributed by atoms with Crippen molar-refractivity contribution in [3.8, 4) is 11.6 Å². The maximum Gasteiger partial charge on any atom is 0.416 e. The lowest BCUT2D eigenvalue weighted by Crippen LogP contribution is -2.30. The van der Waals surface area contributed by atoms with E-state index in [1.807, 2.05) is 4.90 Å². The van der Waals surface area contributed by atoms with Gasteiger partial charge in [0.05, 0.1) is 5.56 Å². The highest BCUT2D eigenvalue weighted by Gasteiger charge is 2.34. The summed E-state index contributed by atoms with van der Waals surface area (Å²) in [5, 5.41) is 8.40. The molecular weight excluding hydrogens is 489 g/mol. The predicted octanol–water partition coefficient (Wildman–Crippen LogP) is 6.86. The molecule has 37 heavy (non-hydrogen) atoms. The van der Waals surface area contributed by atoms with E-state index in [0.717, 1.165) is 38.4 Å². The minimum absolute atomic E-state index is 0.0340. The van der Waals surface area contributed by atoms with Gasteiger partial charge in [0.2, 0.25) is 5.88 Å². The average molecular weight is 512 g/mol. The molecule has 0 bridgehead atoms. The van der Waals surface area contributed by atoms with Gasteiger partial charge in [0.15, 0.2) is 0 Å². The Hall–Kier alpha value is -4.35. The lowest BCUT2D eigenvalue weighted by atomic mass is 10.0. The Morgan fingerprint density at radius 3 is 2.43 bits per heavy atom. The summed E-state index contributed by atoms with van der Waals surface area (Å²) in [4.78, 5) is 24.8. The Bertz CT molecular complexity index is 1290. The van der Waals surface area contributed by atoms with Crippen LogP contribution in [0.25, 0.3) is 10.4 Å². The van der Waals surface area contributed by atoms with Crippen LogP contribution in [0.2, 0.25) is 0 Å². The van der Waals surface area contributed by atoms with Crippen molar-refractivity contribution < 1.29 is 22.7 Å². The molecule has 1 aliphatic rings. The van der Waals surface area contributed by atoms with E-state index in [1.165, 1.54) is 24.5 Å². The first-order valence-electron chi connectivity index (χ1n) is 11.5. The fourth-order valence-corrected chi connectivity index (χ4v) is 3.92. The van der Waals surface area contributed by atoms with Gasteiger partial charge < -0.3 is 15.4 Å². The van der Waals surface area contributed by atoms with E-state index in [2.05, 4.69) is 30.6 Å². The van der Waals surface area contributed by atoms with E-state index >= 15 is 0 Å². The van der Waals surface area contributed by atoms with Crippen LogP contribution in [0.4, 0.5) is 35.2 Å². The number of ether oxygens (including phenoxy) is 1. The normalized spacial score (nSPS) is 13.9. The Kier molecular flexibility index (Phi) is 8.06. The van der Waals surface area contributed by atoms with Gasteiger partial charge in [0, 0.05) is 28.9 Å². The molecule has 1 aliphatic heterocycles. The summed E-state index contributed by atoms with van der Waals surface area (Å²) < 4.78 is 46.8. The van der Waals surface area contributed by atoms with E-state index in [4.69, 9.17) is 10.3 Å². The number of likely N-dealkylation sites (tertiary alicyclic amines) is 1. The zero-order valence-electron chi connectivity index (χ0n) is 19.6. The number of carbonyl (C=O) groups is 1. The zero-order chi connectivity index (χ0) is 26.3. The molecule has 4 rings (SSSR count). The number of halogens is 3. The van der Waals surface area contributed by atoms with Crippen LogP contribution in [0.15, 0.2) is 60.0 Å². The second kappa shape index (κ2) is 11.6. The minimum atomic E-state index is -4.54. The maximum atomic E-state index is 13.7. The number of benzene rings is 2. The molecule has 3 aromatic rings. The quantitative estimate of drug-likeness (QED) is 0.203. The Morgan fingerprint density at radius 1 is 1.03 bits per heavy atom. The summed E-state index contributed by atoms with van der Waals surface area (Å²) in [6.45, 7) is 1.77. The van der Waals surface area contributed by atoms with Crippen molar-refractivity contribution in [1.82, 2.24) is 14.9 Å². The topological polar surface area (TPSA) is 128 Å². The second-order valence-electron chi connectivity index (χ2n) is 8.32. The highest BCUT2D eigenvalue weighted by atomic mass is 19.4. The number of urea groups is 1. The first-order chi connectivity index (χ1) is 17.8. The number of hydrogen-bond donors (Lipinski definition) is 2. The lowest BCUT2D eigenvalue weighted by Gasteiger charge is -2.27. The van der Waals surface area contributed by atoms with Crippen molar-refractivity contribution in [2.75, 3.05) is 23.7 Å². The molecule has 2 amide bonds. The van der Waals surface area contributed by atoms with Gasteiger partial charge in [-0.2, -0.15) is 13.2 Å². The number of amides is 2. The van der Waals surface area contributed by atoms with Gasteiger partial charge in [-0.1, -0.05) is 12.5 Å². The smallest absolute Gasteiger partial charge is 0.416 e. The minimum Gasteiger partial charge on any atom is -0.439 e. The van der Waals surface area contributed by atoms with Gasteiger partial charge in [-0.25, -0.2) is 14.8 Å². The number of anilines is 2. The van der Waals surface area contributed by atoms with Crippen LogP contribution in [0, 0.1) is 0 Å². The molecule has 1 fully saturated rings. The van der Waals surface area contributed by atoms with Gasteiger partial charge in [0.1, 0.15) is 17.9 Å². The third-order valence-electron chi connectivity index (χ3n) is 5.63. The predicted molar refractivity (Wildman–Crippen MR) is 131 cm³/mol. The molecule has 0 saturated carbocycles. The molecule has 0 aliphatic carbocycles. The summed E-state index contributed by atoms with van der Waals surface area (Å²) in [7, 11) is 0. The number of nitrogens with zero attached hydrogens (tertiary/aromatic N) is 6. The van der Waals surface area contributed by atoms with Crippen LogP contribution in [0.1, 0.15) is 30.4 Å². The van der Waals surface area contributed by atoms with Crippen LogP contribution in [0.5, 0.6) is 11.6 Å². The van der Waals surface area contributed by atoms with Crippen LogP contribution < -0.4 is 15.4 Å². The third-order valence-corrected chi connectivity index (χ3v) is 5.63. The monoisotopic (exact) mass is 512 g/mol. The van der Waals surface area contributed by atoms with Crippen LogP contribution in [0.3, 0.4) is 0 Å². The average Bonchev–Trinajstić information content (AvgIpc) is 2.87. The van der Waals surface area contributed by atoms with Crippen molar-refractivity contribution in [2.24, 2.45) is 5.11 Å². The molecule has 10 nitrogen and oxygen atoms in total. The van der Waals surface area contributed by atoms with E-state index in [0.29, 0.717) is 11.4 Å². The van der Waals surface area contributed by atoms with E-state index in [9.17, 15) is 18.0 Å². The van der Waals surface area contributed by atoms with Gasteiger partial charge in [-0.15, -0.1) is 0 Å². The lowest BCUT2D eigenvalue weighted by molar-refractivity contribution is -0.138.